The van der Waals surface area contributed by atoms with Crippen LogP contribution in [0.4, 0.5) is 0 Å². The van der Waals surface area contributed by atoms with Gasteiger partial charge in [0.05, 0.1) is 19.3 Å². The summed E-state index contributed by atoms with van der Waals surface area (Å²) in [4.78, 5) is 6.75. The molecule has 1 atom stereocenters. The quantitative estimate of drug-likeness (QED) is 0.791. The van der Waals surface area contributed by atoms with E-state index in [1.165, 1.54) is 0 Å². The van der Waals surface area contributed by atoms with Gasteiger partial charge in [0.1, 0.15) is 5.82 Å². The fourth-order valence-electron chi connectivity index (χ4n) is 2.26. The molecule has 0 radical (unpaired) electrons. The first kappa shape index (κ1) is 12.5. The fraction of sp³-hybridized carbons (Fsp3) is 0.750. The lowest BCUT2D eigenvalue weighted by molar-refractivity contribution is -0.0346. The SMILES string of the molecule is CCN1CCOC(Cn2ccnc2CCN)C1. The minimum absolute atomic E-state index is 0.273. The highest BCUT2D eigenvalue weighted by atomic mass is 16.5. The van der Waals surface area contributed by atoms with Gasteiger partial charge in [0.25, 0.3) is 0 Å². The normalized spacial score (nSPS) is 21.9. The molecular formula is C12H22N4O. The van der Waals surface area contributed by atoms with Gasteiger partial charge in [-0.2, -0.15) is 0 Å². The maximum Gasteiger partial charge on any atom is 0.109 e. The Balaban J connectivity index is 1.93. The summed E-state index contributed by atoms with van der Waals surface area (Å²) in [5.74, 6) is 1.06. The smallest absolute Gasteiger partial charge is 0.109 e. The number of nitrogens with two attached hydrogens (primary N) is 1. The molecule has 1 aromatic heterocycles. The Morgan fingerprint density at radius 2 is 2.47 bits per heavy atom. The molecule has 1 aromatic rings. The number of ether oxygens (including phenoxy) is 1. The lowest BCUT2D eigenvalue weighted by Crippen LogP contribution is -2.44. The molecule has 1 fully saturated rings. The summed E-state index contributed by atoms with van der Waals surface area (Å²) in [6, 6.07) is 0. The van der Waals surface area contributed by atoms with Gasteiger partial charge in [-0.05, 0) is 13.1 Å². The number of morpholine rings is 1. The summed E-state index contributed by atoms with van der Waals surface area (Å²) in [7, 11) is 0. The van der Waals surface area contributed by atoms with E-state index in [0.717, 1.165) is 45.0 Å². The molecule has 0 spiro atoms. The van der Waals surface area contributed by atoms with Crippen LogP contribution in [0.2, 0.25) is 0 Å². The van der Waals surface area contributed by atoms with E-state index in [0.29, 0.717) is 6.54 Å². The van der Waals surface area contributed by atoms with Gasteiger partial charge in [0, 0.05) is 31.9 Å². The maximum atomic E-state index is 5.79. The maximum absolute atomic E-state index is 5.79. The molecule has 17 heavy (non-hydrogen) atoms. The number of hydrogen-bond acceptors (Lipinski definition) is 4. The summed E-state index contributed by atoms with van der Waals surface area (Å²) < 4.78 is 7.96. The Bertz CT molecular complexity index is 339. The summed E-state index contributed by atoms with van der Waals surface area (Å²) in [6.45, 7) is 7.71. The van der Waals surface area contributed by atoms with Crippen LogP contribution in [0.1, 0.15) is 12.7 Å². The summed E-state index contributed by atoms with van der Waals surface area (Å²) in [6.07, 6.45) is 4.96. The number of likely N-dealkylation sites (N-methyl/N-ethyl adjacent to an activating group) is 1. The zero-order valence-corrected chi connectivity index (χ0v) is 10.5. The molecule has 0 aromatic carbocycles. The van der Waals surface area contributed by atoms with Crippen molar-refractivity contribution in [3.8, 4) is 0 Å². The Morgan fingerprint density at radius 1 is 1.59 bits per heavy atom. The van der Waals surface area contributed by atoms with Crippen LogP contribution in [0.15, 0.2) is 12.4 Å². The van der Waals surface area contributed by atoms with E-state index < -0.39 is 0 Å². The van der Waals surface area contributed by atoms with E-state index in [1.807, 2.05) is 12.4 Å². The standard InChI is InChI=1S/C12H22N4O/c1-2-15-7-8-17-11(9-15)10-16-6-5-14-12(16)3-4-13/h5-6,11H,2-4,7-10,13H2,1H3. The van der Waals surface area contributed by atoms with Crippen molar-refractivity contribution in [3.63, 3.8) is 0 Å². The Morgan fingerprint density at radius 3 is 3.24 bits per heavy atom. The molecule has 5 nitrogen and oxygen atoms in total. The topological polar surface area (TPSA) is 56.3 Å². The summed E-state index contributed by atoms with van der Waals surface area (Å²) in [5, 5.41) is 0. The van der Waals surface area contributed by atoms with Crippen molar-refractivity contribution >= 4 is 0 Å². The van der Waals surface area contributed by atoms with Crippen LogP contribution in [0.3, 0.4) is 0 Å². The predicted octanol–water partition coefficient (Wildman–Crippen LogP) is 0.105. The average Bonchev–Trinajstić information content (AvgIpc) is 2.78. The number of hydrogen-bond donors (Lipinski definition) is 1. The van der Waals surface area contributed by atoms with Crippen molar-refractivity contribution in [2.75, 3.05) is 32.8 Å². The van der Waals surface area contributed by atoms with Crippen LogP contribution in [-0.2, 0) is 17.7 Å². The first-order valence-corrected chi connectivity index (χ1v) is 6.37. The highest BCUT2D eigenvalue weighted by Gasteiger charge is 2.20. The molecule has 1 unspecified atom stereocenters. The van der Waals surface area contributed by atoms with Gasteiger partial charge in [0.2, 0.25) is 0 Å². The van der Waals surface area contributed by atoms with Crippen LogP contribution in [0.5, 0.6) is 0 Å². The van der Waals surface area contributed by atoms with Crippen LogP contribution >= 0.6 is 0 Å². The molecular weight excluding hydrogens is 216 g/mol. The first-order valence-electron chi connectivity index (χ1n) is 6.37. The average molecular weight is 238 g/mol. The molecule has 2 heterocycles. The Labute approximate surface area is 103 Å². The van der Waals surface area contributed by atoms with Crippen molar-refractivity contribution in [3.05, 3.63) is 18.2 Å². The monoisotopic (exact) mass is 238 g/mol. The molecule has 0 bridgehead atoms. The molecule has 0 amide bonds. The second kappa shape index (κ2) is 6.14. The van der Waals surface area contributed by atoms with E-state index >= 15 is 0 Å². The Hall–Kier alpha value is -0.910. The van der Waals surface area contributed by atoms with Gasteiger partial charge in [-0.15, -0.1) is 0 Å². The van der Waals surface area contributed by atoms with Gasteiger partial charge in [-0.1, -0.05) is 6.92 Å². The molecule has 0 aliphatic carbocycles. The van der Waals surface area contributed by atoms with Crippen molar-refractivity contribution in [2.24, 2.45) is 5.73 Å². The van der Waals surface area contributed by atoms with Gasteiger partial charge in [0.15, 0.2) is 0 Å². The fourth-order valence-corrected chi connectivity index (χ4v) is 2.26. The van der Waals surface area contributed by atoms with Gasteiger partial charge in [-0.3, -0.25) is 4.90 Å². The van der Waals surface area contributed by atoms with Crippen molar-refractivity contribution < 1.29 is 4.74 Å². The zero-order valence-electron chi connectivity index (χ0n) is 10.5. The molecule has 1 aliphatic heterocycles. The van der Waals surface area contributed by atoms with Gasteiger partial charge >= 0.3 is 0 Å². The number of imidazole rings is 1. The van der Waals surface area contributed by atoms with Crippen LogP contribution < -0.4 is 5.73 Å². The molecule has 5 heteroatoms. The van der Waals surface area contributed by atoms with E-state index in [1.54, 1.807) is 0 Å². The lowest BCUT2D eigenvalue weighted by Gasteiger charge is -2.32. The lowest BCUT2D eigenvalue weighted by atomic mass is 10.2. The molecule has 1 saturated heterocycles. The second-order valence-corrected chi connectivity index (χ2v) is 4.42. The van der Waals surface area contributed by atoms with Crippen LogP contribution in [0, 0.1) is 0 Å². The molecule has 96 valence electrons. The van der Waals surface area contributed by atoms with E-state index in [2.05, 4.69) is 21.4 Å². The largest absolute Gasteiger partial charge is 0.374 e. The molecule has 1 aliphatic rings. The number of nitrogens with zero attached hydrogens (tertiary/aromatic N) is 3. The van der Waals surface area contributed by atoms with Gasteiger partial charge < -0.3 is 15.0 Å². The predicted molar refractivity (Wildman–Crippen MR) is 66.8 cm³/mol. The third kappa shape index (κ3) is 3.28. The van der Waals surface area contributed by atoms with E-state index in [9.17, 15) is 0 Å². The minimum atomic E-state index is 0.273. The van der Waals surface area contributed by atoms with E-state index in [4.69, 9.17) is 10.5 Å². The number of aromatic nitrogens is 2. The van der Waals surface area contributed by atoms with Crippen LogP contribution in [-0.4, -0.2) is 53.3 Å². The summed E-state index contributed by atoms with van der Waals surface area (Å²) in [5.41, 5.74) is 5.57. The van der Waals surface area contributed by atoms with Crippen molar-refractivity contribution in [2.45, 2.75) is 26.0 Å². The first-order chi connectivity index (χ1) is 8.33. The third-order valence-corrected chi connectivity index (χ3v) is 3.24. The molecule has 2 rings (SSSR count). The summed E-state index contributed by atoms with van der Waals surface area (Å²) >= 11 is 0. The van der Waals surface area contributed by atoms with Crippen molar-refractivity contribution in [1.29, 1.82) is 0 Å². The third-order valence-electron chi connectivity index (χ3n) is 3.24. The molecule has 0 saturated carbocycles. The van der Waals surface area contributed by atoms with Gasteiger partial charge in [-0.25, -0.2) is 4.98 Å². The van der Waals surface area contributed by atoms with E-state index in [-0.39, 0.29) is 6.10 Å². The van der Waals surface area contributed by atoms with Crippen molar-refractivity contribution in [1.82, 2.24) is 14.5 Å². The minimum Gasteiger partial charge on any atom is -0.374 e. The Kier molecular flexibility index (Phi) is 4.53. The van der Waals surface area contributed by atoms with Crippen LogP contribution in [0.25, 0.3) is 0 Å². The highest BCUT2D eigenvalue weighted by Crippen LogP contribution is 2.09. The number of rotatable bonds is 5. The highest BCUT2D eigenvalue weighted by molar-refractivity contribution is 4.94. The molecule has 2 N–H and O–H groups in total. The zero-order chi connectivity index (χ0) is 12.1. The second-order valence-electron chi connectivity index (χ2n) is 4.42.